The van der Waals surface area contributed by atoms with E-state index in [4.69, 9.17) is 0 Å². The average molecular weight is 274 g/mol. The molecule has 0 saturated carbocycles. The number of nitrogens with zero attached hydrogens (tertiary/aromatic N) is 1. The minimum atomic E-state index is -1.23. The molecule has 0 aromatic heterocycles. The molecule has 16 heavy (non-hydrogen) atoms. The van der Waals surface area contributed by atoms with Crippen LogP contribution in [0.15, 0.2) is 25.3 Å². The van der Waals surface area contributed by atoms with Crippen molar-refractivity contribution in [1.29, 1.82) is 0 Å². The van der Waals surface area contributed by atoms with Crippen LogP contribution in [-0.2, 0) is 0 Å². The summed E-state index contributed by atoms with van der Waals surface area (Å²) in [5.74, 6) is 0. The molecule has 0 spiro atoms. The molecular formula is C12H28NPSi2. The van der Waals surface area contributed by atoms with Crippen molar-refractivity contribution in [1.82, 2.24) is 4.00 Å². The van der Waals surface area contributed by atoms with Crippen LogP contribution >= 0.6 is 8.07 Å². The van der Waals surface area contributed by atoms with Gasteiger partial charge in [-0.15, -0.1) is 13.2 Å². The quantitative estimate of drug-likeness (QED) is 0.368. The minimum Gasteiger partial charge on any atom is -0.324 e. The number of hydrogen-bond donors (Lipinski definition) is 0. The summed E-state index contributed by atoms with van der Waals surface area (Å²) in [4.78, 5) is 0. The highest BCUT2D eigenvalue weighted by Gasteiger charge is 2.38. The van der Waals surface area contributed by atoms with Crippen LogP contribution in [0.25, 0.3) is 0 Å². The zero-order valence-electron chi connectivity index (χ0n) is 11.9. The molecular weight excluding hydrogens is 245 g/mol. The Kier molecular flexibility index (Phi) is 6.41. The Balaban J connectivity index is 5.11. The molecule has 0 aromatic rings. The van der Waals surface area contributed by atoms with Gasteiger partial charge in [0, 0.05) is 0 Å². The Morgan fingerprint density at radius 3 is 1.38 bits per heavy atom. The Hall–Kier alpha value is 0.304. The Morgan fingerprint density at radius 1 is 0.875 bits per heavy atom. The van der Waals surface area contributed by atoms with Crippen LogP contribution in [0, 0.1) is 0 Å². The van der Waals surface area contributed by atoms with Gasteiger partial charge in [0.15, 0.2) is 0 Å². The van der Waals surface area contributed by atoms with Crippen molar-refractivity contribution in [2.45, 2.75) is 39.3 Å². The largest absolute Gasteiger partial charge is 0.324 e. The maximum atomic E-state index is 3.92. The highest BCUT2D eigenvalue weighted by Crippen LogP contribution is 2.47. The molecule has 0 fully saturated rings. The van der Waals surface area contributed by atoms with E-state index >= 15 is 0 Å². The molecule has 0 aliphatic carbocycles. The lowest BCUT2D eigenvalue weighted by Gasteiger charge is -2.48. The molecule has 0 unspecified atom stereocenters. The van der Waals surface area contributed by atoms with Crippen molar-refractivity contribution >= 4 is 24.5 Å². The first kappa shape index (κ1) is 16.3. The fourth-order valence-electron chi connectivity index (χ4n) is 2.39. The van der Waals surface area contributed by atoms with E-state index < -0.39 is 16.5 Å². The molecule has 0 N–H and O–H groups in total. The van der Waals surface area contributed by atoms with Crippen LogP contribution in [0.1, 0.15) is 0 Å². The van der Waals surface area contributed by atoms with Crippen LogP contribution < -0.4 is 0 Å². The van der Waals surface area contributed by atoms with Gasteiger partial charge in [-0.2, -0.15) is 0 Å². The van der Waals surface area contributed by atoms with Crippen LogP contribution in [0.5, 0.6) is 0 Å². The van der Waals surface area contributed by atoms with E-state index in [1.807, 2.05) is 0 Å². The van der Waals surface area contributed by atoms with E-state index in [0.29, 0.717) is 0 Å². The SMILES string of the molecule is C=CCP(CC=C)N([Si](C)(C)C)[Si](C)(C)C. The molecule has 1 nitrogen and oxygen atoms in total. The van der Waals surface area contributed by atoms with Crippen molar-refractivity contribution in [2.75, 3.05) is 12.3 Å². The van der Waals surface area contributed by atoms with E-state index in [0.717, 1.165) is 12.3 Å². The molecule has 0 aliphatic heterocycles. The lowest BCUT2D eigenvalue weighted by atomic mass is 10.8. The topological polar surface area (TPSA) is 3.24 Å². The van der Waals surface area contributed by atoms with E-state index in [1.54, 1.807) is 0 Å². The number of allylic oxidation sites excluding steroid dienone is 2. The molecule has 0 amide bonds. The van der Waals surface area contributed by atoms with Gasteiger partial charge in [0.1, 0.15) is 16.5 Å². The van der Waals surface area contributed by atoms with Crippen LogP contribution in [0.2, 0.25) is 39.3 Å². The van der Waals surface area contributed by atoms with Gasteiger partial charge < -0.3 is 4.00 Å². The predicted molar refractivity (Wildman–Crippen MR) is 85.6 cm³/mol. The van der Waals surface area contributed by atoms with Gasteiger partial charge in [0.05, 0.1) is 0 Å². The van der Waals surface area contributed by atoms with E-state index in [1.165, 1.54) is 0 Å². The van der Waals surface area contributed by atoms with Gasteiger partial charge in [-0.1, -0.05) is 51.4 Å². The van der Waals surface area contributed by atoms with E-state index in [9.17, 15) is 0 Å². The number of rotatable bonds is 7. The van der Waals surface area contributed by atoms with Crippen molar-refractivity contribution in [3.63, 3.8) is 0 Å². The summed E-state index contributed by atoms with van der Waals surface area (Å²) in [5, 5.41) is 0. The first-order valence-corrected chi connectivity index (χ1v) is 14.5. The third-order valence-electron chi connectivity index (χ3n) is 2.23. The molecule has 0 radical (unpaired) electrons. The predicted octanol–water partition coefficient (Wildman–Crippen LogP) is 4.73. The Labute approximate surface area is 106 Å². The zero-order valence-corrected chi connectivity index (χ0v) is 14.8. The average Bonchev–Trinajstić information content (AvgIpc) is 1.99. The fraction of sp³-hybridized carbons (Fsp3) is 0.667. The van der Waals surface area contributed by atoms with Gasteiger partial charge in [-0.3, -0.25) is 0 Å². The normalized spacial score (nSPS) is 13.2. The second-order valence-corrected chi connectivity index (χ2v) is 19.0. The number of hydrogen-bond acceptors (Lipinski definition) is 1. The fourth-order valence-corrected chi connectivity index (χ4v) is 19.3. The van der Waals surface area contributed by atoms with Gasteiger partial charge in [-0.25, -0.2) is 0 Å². The Bertz CT molecular complexity index is 216. The standard InChI is InChI=1S/C12H28NPSi2/c1-9-11-14(12-10-2)13(15(3,4)5)16(6,7)8/h9-10H,1-2,11-12H2,3-8H3. The third-order valence-corrected chi connectivity index (χ3v) is 16.0. The van der Waals surface area contributed by atoms with Crippen molar-refractivity contribution < 1.29 is 0 Å². The zero-order chi connectivity index (χ0) is 13.0. The maximum Gasteiger partial charge on any atom is 0.116 e. The lowest BCUT2D eigenvalue weighted by Crippen LogP contribution is -2.56. The molecule has 0 rings (SSSR count). The summed E-state index contributed by atoms with van der Waals surface area (Å²) < 4.78 is 2.92. The van der Waals surface area contributed by atoms with Crippen molar-refractivity contribution in [3.8, 4) is 0 Å². The van der Waals surface area contributed by atoms with Crippen LogP contribution in [0.4, 0.5) is 0 Å². The molecule has 0 bridgehead atoms. The molecule has 0 saturated heterocycles. The second-order valence-electron chi connectivity index (χ2n) is 6.10. The van der Waals surface area contributed by atoms with Gasteiger partial charge in [0.2, 0.25) is 0 Å². The summed E-state index contributed by atoms with van der Waals surface area (Å²) >= 11 is 0. The highest BCUT2D eigenvalue weighted by atomic mass is 31.1. The van der Waals surface area contributed by atoms with Crippen molar-refractivity contribution in [3.05, 3.63) is 25.3 Å². The molecule has 4 heteroatoms. The first-order chi connectivity index (χ1) is 7.14. The van der Waals surface area contributed by atoms with Gasteiger partial charge >= 0.3 is 0 Å². The third kappa shape index (κ3) is 5.09. The molecule has 0 atom stereocenters. The summed E-state index contributed by atoms with van der Waals surface area (Å²) in [6.45, 7) is 22.6. The van der Waals surface area contributed by atoms with Gasteiger partial charge in [0.25, 0.3) is 0 Å². The van der Waals surface area contributed by atoms with Crippen molar-refractivity contribution in [2.24, 2.45) is 0 Å². The summed E-state index contributed by atoms with van der Waals surface area (Å²) in [7, 11) is -2.54. The molecule has 94 valence electrons. The Morgan fingerprint density at radius 2 is 1.19 bits per heavy atom. The molecule has 0 heterocycles. The molecule has 0 aliphatic rings. The van der Waals surface area contributed by atoms with E-state index in [2.05, 4.69) is 68.6 Å². The maximum absolute atomic E-state index is 3.92. The highest BCUT2D eigenvalue weighted by molar-refractivity contribution is 7.60. The van der Waals surface area contributed by atoms with Gasteiger partial charge in [-0.05, 0) is 20.4 Å². The monoisotopic (exact) mass is 273 g/mol. The van der Waals surface area contributed by atoms with E-state index in [-0.39, 0.29) is 8.07 Å². The lowest BCUT2D eigenvalue weighted by molar-refractivity contribution is 0.965. The van der Waals surface area contributed by atoms with Crippen LogP contribution in [-0.4, -0.2) is 32.8 Å². The second kappa shape index (κ2) is 6.29. The molecule has 0 aromatic carbocycles. The first-order valence-electron chi connectivity index (χ1n) is 5.91. The smallest absolute Gasteiger partial charge is 0.116 e. The summed E-state index contributed by atoms with van der Waals surface area (Å²) in [5.41, 5.74) is 0. The summed E-state index contributed by atoms with van der Waals surface area (Å²) in [6, 6.07) is 0. The minimum absolute atomic E-state index is 0.0797. The summed E-state index contributed by atoms with van der Waals surface area (Å²) in [6.07, 6.45) is 6.47. The van der Waals surface area contributed by atoms with Crippen LogP contribution in [0.3, 0.4) is 0 Å².